The van der Waals surface area contributed by atoms with Gasteiger partial charge >= 0.3 is 5.97 Å². The van der Waals surface area contributed by atoms with Gasteiger partial charge in [0.05, 0.1) is 17.9 Å². The number of ether oxygens (including phenoxy) is 1. The third kappa shape index (κ3) is 8.17. The number of carbonyl (C=O) groups is 1. The van der Waals surface area contributed by atoms with Crippen molar-refractivity contribution in [1.82, 2.24) is 9.71 Å². The molecule has 0 unspecified atom stereocenters. The van der Waals surface area contributed by atoms with Crippen molar-refractivity contribution < 1.29 is 22.8 Å². The summed E-state index contributed by atoms with van der Waals surface area (Å²) in [4.78, 5) is 21.2. The lowest BCUT2D eigenvalue weighted by atomic mass is 10.0. The van der Waals surface area contributed by atoms with E-state index >= 15 is 0 Å². The number of oxime groups is 1. The molecule has 184 valence electrons. The smallest absolute Gasteiger partial charge is 0.309 e. The van der Waals surface area contributed by atoms with Crippen LogP contribution in [0.15, 0.2) is 83.1 Å². The number of benzene rings is 2. The average molecular weight is 516 g/mol. The summed E-state index contributed by atoms with van der Waals surface area (Å²) in [6.07, 6.45) is 3.94. The van der Waals surface area contributed by atoms with Gasteiger partial charge in [0.2, 0.25) is 10.0 Å². The van der Waals surface area contributed by atoms with Crippen molar-refractivity contribution >= 4 is 33.3 Å². The molecule has 0 aliphatic heterocycles. The largest absolute Gasteiger partial charge is 0.466 e. The molecular formula is C25H26ClN3O5S. The lowest BCUT2D eigenvalue weighted by Crippen LogP contribution is -2.25. The predicted molar refractivity (Wildman–Crippen MR) is 134 cm³/mol. The van der Waals surface area contributed by atoms with Crippen LogP contribution in [-0.4, -0.2) is 44.8 Å². The molecular weight excluding hydrogens is 490 g/mol. The van der Waals surface area contributed by atoms with Crippen molar-refractivity contribution in [2.45, 2.75) is 24.7 Å². The van der Waals surface area contributed by atoms with Crippen LogP contribution in [0.1, 0.15) is 30.0 Å². The monoisotopic (exact) mass is 515 g/mol. The van der Waals surface area contributed by atoms with Crippen LogP contribution in [0, 0.1) is 0 Å². The van der Waals surface area contributed by atoms with E-state index in [4.69, 9.17) is 21.2 Å². The Morgan fingerprint density at radius 3 is 2.46 bits per heavy atom. The summed E-state index contributed by atoms with van der Waals surface area (Å²) in [5, 5.41) is 4.70. The molecule has 0 amide bonds. The number of halogens is 1. The first-order chi connectivity index (χ1) is 16.9. The number of hydrogen-bond acceptors (Lipinski definition) is 7. The molecule has 1 heterocycles. The van der Waals surface area contributed by atoms with E-state index < -0.39 is 10.0 Å². The Hall–Kier alpha value is -3.27. The number of carbonyl (C=O) groups excluding carboxylic acids is 1. The molecule has 1 aromatic heterocycles. The number of rotatable bonds is 12. The summed E-state index contributed by atoms with van der Waals surface area (Å²) in [6, 6.07) is 17.2. The second kappa shape index (κ2) is 13.0. The predicted octanol–water partition coefficient (Wildman–Crippen LogP) is 3.98. The molecule has 0 fully saturated rings. The first kappa shape index (κ1) is 26.3. The number of esters is 1. The minimum absolute atomic E-state index is 0.0917. The van der Waals surface area contributed by atoms with E-state index in [0.29, 0.717) is 23.8 Å². The second-order valence-corrected chi connectivity index (χ2v) is 9.57. The number of sulfonamides is 1. The fourth-order valence-electron chi connectivity index (χ4n) is 3.10. The first-order valence-electron chi connectivity index (χ1n) is 11.0. The number of hydrogen-bond donors (Lipinski definition) is 1. The second-order valence-electron chi connectivity index (χ2n) is 7.37. The molecule has 8 nitrogen and oxygen atoms in total. The van der Waals surface area contributed by atoms with Gasteiger partial charge in [-0.15, -0.1) is 0 Å². The summed E-state index contributed by atoms with van der Waals surface area (Å²) in [5.41, 5.74) is 3.06. The topological polar surface area (TPSA) is 107 Å². The van der Waals surface area contributed by atoms with Crippen LogP contribution >= 0.6 is 11.6 Å². The summed E-state index contributed by atoms with van der Waals surface area (Å²) in [6.45, 7) is 2.40. The fourth-order valence-corrected chi connectivity index (χ4v) is 4.26. The van der Waals surface area contributed by atoms with Crippen LogP contribution in [0.2, 0.25) is 5.02 Å². The SMILES string of the molecule is CCOC(=O)CCO/N=C(\c1ccc(CCNS(=O)(=O)c2ccc(Cl)cc2)cc1)c1cccnc1. The van der Waals surface area contributed by atoms with E-state index in [-0.39, 0.29) is 30.4 Å². The van der Waals surface area contributed by atoms with Gasteiger partial charge in [-0.25, -0.2) is 13.1 Å². The Morgan fingerprint density at radius 2 is 1.80 bits per heavy atom. The standard InChI is InChI=1S/C25H26ClN3O5S/c1-2-33-24(30)14-17-34-29-25(21-4-3-15-27-18-21)20-7-5-19(6-8-20)13-16-28-35(31,32)23-11-9-22(26)10-12-23/h3-12,15,18,28H,2,13-14,16-17H2,1H3/b29-25+. The lowest BCUT2D eigenvalue weighted by molar-refractivity contribution is -0.144. The van der Waals surface area contributed by atoms with E-state index in [1.54, 1.807) is 25.4 Å². The highest BCUT2D eigenvalue weighted by molar-refractivity contribution is 7.89. The maximum Gasteiger partial charge on any atom is 0.309 e. The third-order valence-corrected chi connectivity index (χ3v) is 6.58. The Bertz CT molecular complexity index is 1230. The average Bonchev–Trinajstić information content (AvgIpc) is 2.85. The van der Waals surface area contributed by atoms with Gasteiger partial charge in [-0.1, -0.05) is 41.0 Å². The maximum absolute atomic E-state index is 12.4. The molecule has 0 spiro atoms. The van der Waals surface area contributed by atoms with E-state index in [1.807, 2.05) is 30.3 Å². The fraction of sp³-hybridized carbons (Fsp3) is 0.240. The normalized spacial score (nSPS) is 11.8. The van der Waals surface area contributed by atoms with Crippen molar-refractivity contribution in [3.63, 3.8) is 0 Å². The zero-order chi connectivity index (χ0) is 25.1. The number of nitrogens with one attached hydrogen (secondary N) is 1. The summed E-state index contributed by atoms with van der Waals surface area (Å²) in [7, 11) is -3.61. The first-order valence-corrected chi connectivity index (χ1v) is 12.9. The quantitative estimate of drug-likeness (QED) is 0.169. The van der Waals surface area contributed by atoms with Gasteiger partial charge in [0, 0.05) is 35.1 Å². The molecule has 0 atom stereocenters. The summed E-state index contributed by atoms with van der Waals surface area (Å²) < 4.78 is 32.3. The van der Waals surface area contributed by atoms with Crippen LogP contribution < -0.4 is 4.72 Å². The van der Waals surface area contributed by atoms with Crippen molar-refractivity contribution in [1.29, 1.82) is 0 Å². The summed E-state index contributed by atoms with van der Waals surface area (Å²) in [5.74, 6) is -0.346. The Kier molecular flexibility index (Phi) is 9.77. The lowest BCUT2D eigenvalue weighted by Gasteiger charge is -2.09. The van der Waals surface area contributed by atoms with Gasteiger partial charge in [-0.3, -0.25) is 9.78 Å². The van der Waals surface area contributed by atoms with Gasteiger partial charge in [-0.05, 0) is 55.3 Å². The maximum atomic E-state index is 12.4. The molecule has 0 radical (unpaired) electrons. The molecule has 1 N–H and O–H groups in total. The molecule has 0 saturated carbocycles. The van der Waals surface area contributed by atoms with Crippen molar-refractivity contribution in [2.24, 2.45) is 5.16 Å². The minimum Gasteiger partial charge on any atom is -0.466 e. The third-order valence-electron chi connectivity index (χ3n) is 4.85. The molecule has 3 aromatic rings. The van der Waals surface area contributed by atoms with Gasteiger partial charge < -0.3 is 9.57 Å². The summed E-state index contributed by atoms with van der Waals surface area (Å²) >= 11 is 5.83. The van der Waals surface area contributed by atoms with Crippen LogP contribution in [0.5, 0.6) is 0 Å². The van der Waals surface area contributed by atoms with Gasteiger partial charge in [-0.2, -0.15) is 0 Å². The molecule has 0 bridgehead atoms. The highest BCUT2D eigenvalue weighted by atomic mass is 35.5. The number of aromatic nitrogens is 1. The van der Waals surface area contributed by atoms with Crippen molar-refractivity contribution in [3.8, 4) is 0 Å². The zero-order valence-electron chi connectivity index (χ0n) is 19.2. The van der Waals surface area contributed by atoms with E-state index in [0.717, 1.165) is 16.7 Å². The van der Waals surface area contributed by atoms with Crippen molar-refractivity contribution in [3.05, 3.63) is 94.8 Å². The van der Waals surface area contributed by atoms with Crippen LogP contribution in [-0.2, 0) is 30.8 Å². The molecule has 3 rings (SSSR count). The van der Waals surface area contributed by atoms with Crippen LogP contribution in [0.3, 0.4) is 0 Å². The molecule has 0 aliphatic rings. The number of nitrogens with zero attached hydrogens (tertiary/aromatic N) is 2. The number of pyridine rings is 1. The molecule has 10 heteroatoms. The Labute approximate surface area is 210 Å². The highest BCUT2D eigenvalue weighted by Crippen LogP contribution is 2.15. The Balaban J connectivity index is 1.63. The van der Waals surface area contributed by atoms with E-state index in [9.17, 15) is 13.2 Å². The molecule has 0 saturated heterocycles. The van der Waals surface area contributed by atoms with Crippen LogP contribution in [0.25, 0.3) is 0 Å². The van der Waals surface area contributed by atoms with E-state index in [1.165, 1.54) is 24.3 Å². The van der Waals surface area contributed by atoms with Gasteiger partial charge in [0.25, 0.3) is 0 Å². The van der Waals surface area contributed by atoms with Crippen LogP contribution in [0.4, 0.5) is 0 Å². The molecule has 2 aromatic carbocycles. The molecule has 35 heavy (non-hydrogen) atoms. The Morgan fingerprint density at radius 1 is 1.06 bits per heavy atom. The molecule has 0 aliphatic carbocycles. The van der Waals surface area contributed by atoms with Gasteiger partial charge in [0.1, 0.15) is 12.3 Å². The van der Waals surface area contributed by atoms with Crippen molar-refractivity contribution in [2.75, 3.05) is 19.8 Å². The minimum atomic E-state index is -3.61. The zero-order valence-corrected chi connectivity index (χ0v) is 20.8. The highest BCUT2D eigenvalue weighted by Gasteiger charge is 2.13. The van der Waals surface area contributed by atoms with E-state index in [2.05, 4.69) is 14.9 Å². The van der Waals surface area contributed by atoms with Gasteiger partial charge in [0.15, 0.2) is 0 Å².